The Hall–Kier alpha value is -2.71. The van der Waals surface area contributed by atoms with Crippen LogP contribution in [-0.4, -0.2) is 64.9 Å². The summed E-state index contributed by atoms with van der Waals surface area (Å²) in [6, 6.07) is 1.47. The number of carbonyl (C=O) groups excluding carboxylic acids is 3. The molecule has 0 spiro atoms. The van der Waals surface area contributed by atoms with E-state index in [0.29, 0.717) is 18.4 Å². The van der Waals surface area contributed by atoms with E-state index in [1.54, 1.807) is 6.33 Å². The highest BCUT2D eigenvalue weighted by Gasteiger charge is 2.43. The van der Waals surface area contributed by atoms with Crippen LogP contribution in [0.1, 0.15) is 18.5 Å². The molecule has 0 unspecified atom stereocenters. The molecule has 3 aliphatic rings. The highest BCUT2D eigenvalue weighted by Crippen LogP contribution is 2.42. The summed E-state index contributed by atoms with van der Waals surface area (Å²) in [5, 5.41) is 5.25. The van der Waals surface area contributed by atoms with E-state index in [2.05, 4.69) is 25.5 Å². The zero-order valence-electron chi connectivity index (χ0n) is 14.6. The van der Waals surface area contributed by atoms with Crippen LogP contribution in [0.5, 0.6) is 0 Å². The molecule has 2 atom stereocenters. The van der Waals surface area contributed by atoms with Crippen molar-refractivity contribution in [3.8, 4) is 0 Å². The average molecular weight is 358 g/mol. The lowest BCUT2D eigenvalue weighted by Gasteiger charge is -2.21. The minimum absolute atomic E-state index is 0.0200. The van der Waals surface area contributed by atoms with Gasteiger partial charge >= 0.3 is 6.03 Å². The van der Waals surface area contributed by atoms with Gasteiger partial charge in [-0.05, 0) is 25.7 Å². The van der Waals surface area contributed by atoms with Crippen molar-refractivity contribution in [1.82, 2.24) is 25.5 Å². The molecule has 1 aliphatic carbocycles. The molecule has 0 aromatic carbocycles. The number of aromatic nitrogens is 2. The van der Waals surface area contributed by atoms with Crippen LogP contribution in [0.25, 0.3) is 0 Å². The van der Waals surface area contributed by atoms with Gasteiger partial charge in [0.05, 0.1) is 6.04 Å². The van der Waals surface area contributed by atoms with E-state index in [1.165, 1.54) is 17.7 Å². The Balaban J connectivity index is 1.40. The molecule has 2 saturated heterocycles. The first kappa shape index (κ1) is 16.7. The molecule has 138 valence electrons. The Morgan fingerprint density at radius 1 is 1.31 bits per heavy atom. The summed E-state index contributed by atoms with van der Waals surface area (Å²) in [6.45, 7) is 3.32. The number of hydrogen-bond acceptors (Lipinski definition) is 6. The third kappa shape index (κ3) is 3.47. The van der Waals surface area contributed by atoms with E-state index in [4.69, 9.17) is 0 Å². The van der Waals surface area contributed by atoms with Crippen LogP contribution < -0.4 is 15.5 Å². The number of rotatable bonds is 5. The van der Waals surface area contributed by atoms with Gasteiger partial charge in [0.2, 0.25) is 11.8 Å². The van der Waals surface area contributed by atoms with Crippen molar-refractivity contribution < 1.29 is 14.4 Å². The Bertz CT molecular complexity index is 750. The van der Waals surface area contributed by atoms with E-state index < -0.39 is 6.03 Å². The number of aryl methyl sites for hydroxylation is 1. The lowest BCUT2D eigenvalue weighted by atomic mass is 9.98. The van der Waals surface area contributed by atoms with Crippen molar-refractivity contribution in [1.29, 1.82) is 0 Å². The maximum atomic E-state index is 12.4. The molecule has 4 amide bonds. The van der Waals surface area contributed by atoms with Crippen molar-refractivity contribution in [3.63, 3.8) is 0 Å². The molecule has 0 bridgehead atoms. The molecule has 9 nitrogen and oxygen atoms in total. The van der Waals surface area contributed by atoms with Crippen molar-refractivity contribution in [2.24, 2.45) is 11.8 Å². The molecule has 3 fully saturated rings. The van der Waals surface area contributed by atoms with Crippen molar-refractivity contribution in [2.75, 3.05) is 31.1 Å². The van der Waals surface area contributed by atoms with Crippen LogP contribution >= 0.6 is 0 Å². The lowest BCUT2D eigenvalue weighted by molar-refractivity contribution is -0.122. The number of urea groups is 1. The molecule has 26 heavy (non-hydrogen) atoms. The fourth-order valence-corrected chi connectivity index (χ4v) is 3.82. The third-order valence-electron chi connectivity index (χ3n) is 5.25. The van der Waals surface area contributed by atoms with Gasteiger partial charge in [0.25, 0.3) is 0 Å². The third-order valence-corrected chi connectivity index (χ3v) is 5.25. The Kier molecular flexibility index (Phi) is 4.21. The maximum Gasteiger partial charge on any atom is 0.325 e. The van der Waals surface area contributed by atoms with Gasteiger partial charge in [-0.3, -0.25) is 14.9 Å². The van der Waals surface area contributed by atoms with Gasteiger partial charge < -0.3 is 15.1 Å². The number of anilines is 1. The Morgan fingerprint density at radius 2 is 2.12 bits per heavy atom. The zero-order valence-corrected chi connectivity index (χ0v) is 14.6. The summed E-state index contributed by atoms with van der Waals surface area (Å²) in [7, 11) is 0. The largest absolute Gasteiger partial charge is 0.354 e. The zero-order chi connectivity index (χ0) is 18.3. The normalized spacial score (nSPS) is 25.6. The second kappa shape index (κ2) is 6.54. The molecule has 3 heterocycles. The first-order valence-electron chi connectivity index (χ1n) is 8.91. The van der Waals surface area contributed by atoms with E-state index in [9.17, 15) is 14.4 Å². The molecular weight excluding hydrogens is 336 g/mol. The minimum atomic E-state index is -0.506. The molecule has 1 saturated carbocycles. The molecular formula is C17H22N6O3. The fourth-order valence-electron chi connectivity index (χ4n) is 3.82. The minimum Gasteiger partial charge on any atom is -0.354 e. The molecule has 4 rings (SSSR count). The summed E-state index contributed by atoms with van der Waals surface area (Å²) in [5.41, 5.74) is 0.912. The van der Waals surface area contributed by atoms with E-state index in [-0.39, 0.29) is 30.9 Å². The number of carbonyl (C=O) groups is 3. The SMILES string of the molecule is Cc1cc(N2C[C@@H](NC(=O)CN3CC(=O)NC3=O)[C@H](C3CC3)C2)ncn1. The van der Waals surface area contributed by atoms with Gasteiger partial charge in [-0.2, -0.15) is 0 Å². The molecule has 1 aromatic rings. The molecule has 1 aromatic heterocycles. The van der Waals surface area contributed by atoms with E-state index >= 15 is 0 Å². The predicted molar refractivity (Wildman–Crippen MR) is 92.2 cm³/mol. The number of nitrogens with zero attached hydrogens (tertiary/aromatic N) is 4. The summed E-state index contributed by atoms with van der Waals surface area (Å²) in [5.74, 6) is 1.29. The van der Waals surface area contributed by atoms with Gasteiger partial charge in [0.1, 0.15) is 25.2 Å². The number of hydrogen-bond donors (Lipinski definition) is 2. The Labute approximate surface area is 151 Å². The van der Waals surface area contributed by atoms with Gasteiger partial charge in [0, 0.05) is 30.8 Å². The number of nitrogens with one attached hydrogen (secondary N) is 2. The van der Waals surface area contributed by atoms with Gasteiger partial charge in [0.15, 0.2) is 0 Å². The second-order valence-corrected chi connectivity index (χ2v) is 7.31. The van der Waals surface area contributed by atoms with Crippen LogP contribution in [0.2, 0.25) is 0 Å². The highest BCUT2D eigenvalue weighted by atomic mass is 16.2. The molecule has 2 aliphatic heterocycles. The van der Waals surface area contributed by atoms with Crippen molar-refractivity contribution >= 4 is 23.7 Å². The van der Waals surface area contributed by atoms with Crippen LogP contribution in [0, 0.1) is 18.8 Å². The topological polar surface area (TPSA) is 108 Å². The first-order chi connectivity index (χ1) is 12.5. The van der Waals surface area contributed by atoms with Gasteiger partial charge in [-0.1, -0.05) is 0 Å². The monoisotopic (exact) mass is 358 g/mol. The summed E-state index contributed by atoms with van der Waals surface area (Å²) >= 11 is 0. The summed E-state index contributed by atoms with van der Waals surface area (Å²) in [6.07, 6.45) is 3.94. The van der Waals surface area contributed by atoms with Gasteiger partial charge in [-0.15, -0.1) is 0 Å². The van der Waals surface area contributed by atoms with Gasteiger partial charge in [-0.25, -0.2) is 14.8 Å². The number of imide groups is 1. The second-order valence-electron chi connectivity index (χ2n) is 7.31. The molecule has 2 N–H and O–H groups in total. The molecule has 9 heteroatoms. The fraction of sp³-hybridized carbons (Fsp3) is 0.588. The number of amides is 4. The quantitative estimate of drug-likeness (QED) is 0.698. The van der Waals surface area contributed by atoms with Crippen molar-refractivity contribution in [3.05, 3.63) is 18.1 Å². The Morgan fingerprint density at radius 3 is 2.77 bits per heavy atom. The average Bonchev–Trinajstić information content (AvgIpc) is 3.27. The summed E-state index contributed by atoms with van der Waals surface area (Å²) < 4.78 is 0. The van der Waals surface area contributed by atoms with Crippen molar-refractivity contribution in [2.45, 2.75) is 25.8 Å². The smallest absolute Gasteiger partial charge is 0.325 e. The maximum absolute atomic E-state index is 12.4. The molecule has 0 radical (unpaired) electrons. The van der Waals surface area contributed by atoms with Crippen LogP contribution in [0.4, 0.5) is 10.6 Å². The predicted octanol–water partition coefficient (Wildman–Crippen LogP) is -0.332. The van der Waals surface area contributed by atoms with Crippen LogP contribution in [0.15, 0.2) is 12.4 Å². The van der Waals surface area contributed by atoms with E-state index in [1.807, 2.05) is 13.0 Å². The summed E-state index contributed by atoms with van der Waals surface area (Å²) in [4.78, 5) is 47.2. The van der Waals surface area contributed by atoms with Crippen LogP contribution in [0.3, 0.4) is 0 Å². The first-order valence-corrected chi connectivity index (χ1v) is 8.91. The van der Waals surface area contributed by atoms with E-state index in [0.717, 1.165) is 18.1 Å². The standard InChI is InChI=1S/C17H22N6O3/c1-10-4-14(19-9-18-10)22-5-12(11-2-3-11)13(6-22)20-15(24)7-23-8-16(25)21-17(23)26/h4,9,11-13H,2-3,5-8H2,1H3,(H,20,24)(H,21,25,26)/t12-,13+/m0/s1. The highest BCUT2D eigenvalue weighted by molar-refractivity contribution is 6.03. The van der Waals surface area contributed by atoms with Crippen LogP contribution in [-0.2, 0) is 9.59 Å². The lowest BCUT2D eigenvalue weighted by Crippen LogP contribution is -2.46.